The van der Waals surface area contributed by atoms with Gasteiger partial charge < -0.3 is 10.6 Å². The molecular weight excluding hydrogens is 276 g/mol. The Balaban J connectivity index is 1.73. The summed E-state index contributed by atoms with van der Waals surface area (Å²) in [5, 5.41) is 5.68. The van der Waals surface area contributed by atoms with Crippen LogP contribution < -0.4 is 10.6 Å². The van der Waals surface area contributed by atoms with E-state index in [1.165, 1.54) is 18.4 Å². The molecule has 1 fully saturated rings. The van der Waals surface area contributed by atoms with Crippen LogP contribution in [0.3, 0.4) is 0 Å². The monoisotopic (exact) mass is 302 g/mol. The number of benzene rings is 1. The summed E-state index contributed by atoms with van der Waals surface area (Å²) in [6, 6.07) is 7.64. The van der Waals surface area contributed by atoms with Crippen molar-refractivity contribution in [2.75, 3.05) is 13.1 Å². The normalized spacial score (nSPS) is 14.5. The number of hydrogen-bond acceptors (Lipinski definition) is 2. The molecule has 1 aromatic carbocycles. The van der Waals surface area contributed by atoms with Gasteiger partial charge in [0.2, 0.25) is 5.91 Å². The summed E-state index contributed by atoms with van der Waals surface area (Å²) in [5.41, 5.74) is 1.91. The zero-order valence-electron chi connectivity index (χ0n) is 13.7. The fourth-order valence-electron chi connectivity index (χ4n) is 2.18. The van der Waals surface area contributed by atoms with E-state index in [0.29, 0.717) is 24.4 Å². The van der Waals surface area contributed by atoms with Gasteiger partial charge in [-0.25, -0.2) is 0 Å². The Morgan fingerprint density at radius 1 is 1.09 bits per heavy atom. The first kappa shape index (κ1) is 16.5. The third-order valence-electron chi connectivity index (χ3n) is 3.94. The molecule has 0 aliphatic heterocycles. The predicted octanol–water partition coefficient (Wildman–Crippen LogP) is 2.63. The molecule has 4 nitrogen and oxygen atoms in total. The van der Waals surface area contributed by atoms with Gasteiger partial charge in [0.15, 0.2) is 0 Å². The first-order valence-electron chi connectivity index (χ1n) is 8.02. The number of carbonyl (C=O) groups excluding carboxylic acids is 2. The van der Waals surface area contributed by atoms with E-state index in [4.69, 9.17) is 0 Å². The minimum absolute atomic E-state index is 0.00952. The van der Waals surface area contributed by atoms with Crippen LogP contribution in [-0.2, 0) is 10.2 Å². The Morgan fingerprint density at radius 3 is 2.27 bits per heavy atom. The number of amides is 2. The Morgan fingerprint density at radius 2 is 1.73 bits per heavy atom. The predicted molar refractivity (Wildman–Crippen MR) is 87.8 cm³/mol. The van der Waals surface area contributed by atoms with Crippen LogP contribution in [0.1, 0.15) is 56.0 Å². The van der Waals surface area contributed by atoms with Gasteiger partial charge in [0.25, 0.3) is 5.91 Å². The van der Waals surface area contributed by atoms with Crippen molar-refractivity contribution in [1.82, 2.24) is 10.6 Å². The molecule has 0 atom stereocenters. The second-order valence-corrected chi connectivity index (χ2v) is 7.08. The first-order chi connectivity index (χ1) is 10.4. The summed E-state index contributed by atoms with van der Waals surface area (Å²) < 4.78 is 0. The number of hydrogen-bond donors (Lipinski definition) is 2. The molecule has 1 aromatic rings. The summed E-state index contributed by atoms with van der Waals surface area (Å²) in [7, 11) is 0. The van der Waals surface area contributed by atoms with E-state index in [0.717, 1.165) is 6.54 Å². The summed E-state index contributed by atoms with van der Waals surface area (Å²) in [6.45, 7) is 7.57. The third-order valence-corrected chi connectivity index (χ3v) is 3.94. The summed E-state index contributed by atoms with van der Waals surface area (Å²) in [6.07, 6.45) is 2.78. The zero-order valence-corrected chi connectivity index (χ0v) is 13.7. The molecule has 0 heterocycles. The lowest BCUT2D eigenvalue weighted by atomic mass is 9.87. The van der Waals surface area contributed by atoms with Crippen LogP contribution in [0.25, 0.3) is 0 Å². The topological polar surface area (TPSA) is 58.2 Å². The summed E-state index contributed by atoms with van der Waals surface area (Å²) in [4.78, 5) is 23.6. The minimum Gasteiger partial charge on any atom is -0.356 e. The highest BCUT2D eigenvalue weighted by atomic mass is 16.2. The van der Waals surface area contributed by atoms with E-state index in [1.54, 1.807) is 0 Å². The molecule has 1 aliphatic carbocycles. The maximum atomic E-state index is 12.0. The SMILES string of the molecule is CC(C)(C)c1ccc(C(=O)NCCC(=O)NCC2CC2)cc1. The van der Waals surface area contributed by atoms with Crippen LogP contribution in [0.15, 0.2) is 24.3 Å². The Hall–Kier alpha value is -1.84. The fraction of sp³-hybridized carbons (Fsp3) is 0.556. The van der Waals surface area contributed by atoms with Gasteiger partial charge in [0.05, 0.1) is 0 Å². The standard InChI is InChI=1S/C18H26N2O2/c1-18(2,3)15-8-6-14(7-9-15)17(22)19-11-10-16(21)20-12-13-4-5-13/h6-9,13H,4-5,10-12H2,1-3H3,(H,19,22)(H,20,21). The molecule has 0 unspecified atom stereocenters. The highest BCUT2D eigenvalue weighted by molar-refractivity contribution is 5.94. The van der Waals surface area contributed by atoms with Gasteiger partial charge in [0.1, 0.15) is 0 Å². The molecular formula is C18H26N2O2. The maximum absolute atomic E-state index is 12.0. The van der Waals surface area contributed by atoms with E-state index in [9.17, 15) is 9.59 Å². The molecule has 1 saturated carbocycles. The Bertz CT molecular complexity index is 525. The molecule has 4 heteroatoms. The Labute approximate surface area is 132 Å². The van der Waals surface area contributed by atoms with Crippen molar-refractivity contribution < 1.29 is 9.59 Å². The first-order valence-corrected chi connectivity index (χ1v) is 8.02. The number of carbonyl (C=O) groups is 2. The zero-order chi connectivity index (χ0) is 16.2. The van der Waals surface area contributed by atoms with E-state index in [1.807, 2.05) is 24.3 Å². The van der Waals surface area contributed by atoms with Crippen molar-refractivity contribution >= 4 is 11.8 Å². The van der Waals surface area contributed by atoms with Crippen molar-refractivity contribution in [2.24, 2.45) is 5.92 Å². The fourth-order valence-corrected chi connectivity index (χ4v) is 2.18. The van der Waals surface area contributed by atoms with Gasteiger partial charge in [-0.15, -0.1) is 0 Å². The van der Waals surface area contributed by atoms with Gasteiger partial charge >= 0.3 is 0 Å². The second-order valence-electron chi connectivity index (χ2n) is 7.08. The van der Waals surface area contributed by atoms with E-state index < -0.39 is 0 Å². The highest BCUT2D eigenvalue weighted by Gasteiger charge is 2.21. The van der Waals surface area contributed by atoms with Gasteiger partial charge in [-0.3, -0.25) is 9.59 Å². The maximum Gasteiger partial charge on any atom is 0.251 e. The van der Waals surface area contributed by atoms with Crippen LogP contribution in [0, 0.1) is 5.92 Å². The number of rotatable bonds is 6. The molecule has 1 aliphatic rings. The Kier molecular flexibility index (Phi) is 5.22. The average Bonchev–Trinajstić information content (AvgIpc) is 3.28. The molecule has 2 amide bonds. The van der Waals surface area contributed by atoms with Crippen LogP contribution in [0.4, 0.5) is 0 Å². The van der Waals surface area contributed by atoms with Crippen LogP contribution in [0.5, 0.6) is 0 Å². The third kappa shape index (κ3) is 5.17. The van der Waals surface area contributed by atoms with Gasteiger partial charge in [-0.05, 0) is 41.9 Å². The van der Waals surface area contributed by atoms with Gasteiger partial charge in [-0.1, -0.05) is 32.9 Å². The molecule has 0 spiro atoms. The lowest BCUT2D eigenvalue weighted by Gasteiger charge is -2.19. The van der Waals surface area contributed by atoms with Crippen molar-refractivity contribution in [3.63, 3.8) is 0 Å². The lowest BCUT2D eigenvalue weighted by Crippen LogP contribution is -2.31. The molecule has 22 heavy (non-hydrogen) atoms. The minimum atomic E-state index is -0.129. The molecule has 0 radical (unpaired) electrons. The summed E-state index contributed by atoms with van der Waals surface area (Å²) >= 11 is 0. The highest BCUT2D eigenvalue weighted by Crippen LogP contribution is 2.27. The van der Waals surface area contributed by atoms with Crippen LogP contribution in [-0.4, -0.2) is 24.9 Å². The van der Waals surface area contributed by atoms with Crippen molar-refractivity contribution in [3.05, 3.63) is 35.4 Å². The largest absolute Gasteiger partial charge is 0.356 e. The van der Waals surface area contributed by atoms with Crippen molar-refractivity contribution in [3.8, 4) is 0 Å². The molecule has 2 N–H and O–H groups in total. The van der Waals surface area contributed by atoms with E-state index in [2.05, 4.69) is 31.4 Å². The van der Waals surface area contributed by atoms with Crippen molar-refractivity contribution in [2.45, 2.75) is 45.4 Å². The number of nitrogens with one attached hydrogen (secondary N) is 2. The molecule has 0 bridgehead atoms. The van der Waals surface area contributed by atoms with Crippen molar-refractivity contribution in [1.29, 1.82) is 0 Å². The van der Waals surface area contributed by atoms with Gasteiger partial charge in [-0.2, -0.15) is 0 Å². The van der Waals surface area contributed by atoms with Crippen LogP contribution in [0.2, 0.25) is 0 Å². The smallest absolute Gasteiger partial charge is 0.251 e. The van der Waals surface area contributed by atoms with E-state index >= 15 is 0 Å². The van der Waals surface area contributed by atoms with Gasteiger partial charge in [0, 0.05) is 25.1 Å². The average molecular weight is 302 g/mol. The lowest BCUT2D eigenvalue weighted by molar-refractivity contribution is -0.121. The van der Waals surface area contributed by atoms with Crippen LogP contribution >= 0.6 is 0 Å². The summed E-state index contributed by atoms with van der Waals surface area (Å²) in [5.74, 6) is 0.561. The van der Waals surface area contributed by atoms with E-state index in [-0.39, 0.29) is 17.2 Å². The second kappa shape index (κ2) is 6.95. The molecule has 2 rings (SSSR count). The molecule has 0 saturated heterocycles. The molecule has 120 valence electrons. The quantitative estimate of drug-likeness (QED) is 0.848. The molecule has 0 aromatic heterocycles.